The fraction of sp³-hybridized carbons (Fsp3) is 1.00. The van der Waals surface area contributed by atoms with Crippen LogP contribution >= 0.6 is 0 Å². The third-order valence-electron chi connectivity index (χ3n) is 4.45. The van der Waals surface area contributed by atoms with Gasteiger partial charge in [-0.3, -0.25) is 4.90 Å². The van der Waals surface area contributed by atoms with E-state index in [2.05, 4.69) is 51.8 Å². The number of hydrogen-bond acceptors (Lipinski definition) is 2. The molecule has 1 N–H and O–H groups in total. The molecule has 0 aliphatic carbocycles. The van der Waals surface area contributed by atoms with Crippen molar-refractivity contribution in [1.82, 2.24) is 10.2 Å². The quantitative estimate of drug-likeness (QED) is 0.778. The Labute approximate surface area is 115 Å². The molecule has 1 unspecified atom stereocenters. The van der Waals surface area contributed by atoms with Crippen LogP contribution in [0, 0.1) is 5.41 Å². The summed E-state index contributed by atoms with van der Waals surface area (Å²) in [7, 11) is 0. The van der Waals surface area contributed by atoms with Gasteiger partial charge in [0.05, 0.1) is 0 Å². The molecule has 1 aliphatic heterocycles. The smallest absolute Gasteiger partial charge is 0.0153 e. The van der Waals surface area contributed by atoms with Gasteiger partial charge in [0.15, 0.2) is 0 Å². The van der Waals surface area contributed by atoms with Crippen LogP contribution in [0.15, 0.2) is 0 Å². The van der Waals surface area contributed by atoms with Crippen LogP contribution in [-0.2, 0) is 0 Å². The summed E-state index contributed by atoms with van der Waals surface area (Å²) in [4.78, 5) is 2.68. The van der Waals surface area contributed by atoms with Crippen molar-refractivity contribution in [3.05, 3.63) is 0 Å². The van der Waals surface area contributed by atoms with E-state index in [-0.39, 0.29) is 0 Å². The lowest BCUT2D eigenvalue weighted by Gasteiger charge is -2.36. The number of nitrogens with one attached hydrogen (secondary N) is 1. The number of rotatable bonds is 6. The Balaban J connectivity index is 2.46. The molecule has 0 saturated carbocycles. The second-order valence-electron chi connectivity index (χ2n) is 7.56. The van der Waals surface area contributed by atoms with Gasteiger partial charge in [-0.15, -0.1) is 0 Å². The lowest BCUT2D eigenvalue weighted by Crippen LogP contribution is -2.45. The first-order valence-electron chi connectivity index (χ1n) is 7.76. The van der Waals surface area contributed by atoms with Gasteiger partial charge in [0.2, 0.25) is 0 Å². The second-order valence-corrected chi connectivity index (χ2v) is 7.56. The van der Waals surface area contributed by atoms with Gasteiger partial charge in [-0.25, -0.2) is 0 Å². The molecule has 1 saturated heterocycles. The molecule has 1 aliphatic rings. The molecule has 0 radical (unpaired) electrons. The zero-order valence-corrected chi connectivity index (χ0v) is 13.5. The van der Waals surface area contributed by atoms with E-state index in [4.69, 9.17) is 0 Å². The largest absolute Gasteiger partial charge is 0.313 e. The molecule has 1 heterocycles. The number of hydrogen-bond donors (Lipinski definition) is 1. The normalized spacial score (nSPS) is 22.3. The molecule has 0 spiro atoms. The lowest BCUT2D eigenvalue weighted by molar-refractivity contribution is 0.148. The molecule has 0 aromatic heterocycles. The molecule has 0 bridgehead atoms. The van der Waals surface area contributed by atoms with E-state index in [1.807, 2.05) is 0 Å². The van der Waals surface area contributed by atoms with Gasteiger partial charge >= 0.3 is 0 Å². The molecule has 0 amide bonds. The molecular weight excluding hydrogens is 220 g/mol. The van der Waals surface area contributed by atoms with Gasteiger partial charge in [-0.2, -0.15) is 0 Å². The van der Waals surface area contributed by atoms with Gasteiger partial charge in [-0.1, -0.05) is 27.7 Å². The van der Waals surface area contributed by atoms with Crippen LogP contribution in [0.4, 0.5) is 0 Å². The Kier molecular flexibility index (Phi) is 5.67. The molecule has 2 heteroatoms. The third kappa shape index (κ3) is 4.55. The molecule has 108 valence electrons. The monoisotopic (exact) mass is 254 g/mol. The molecule has 1 fully saturated rings. The lowest BCUT2D eigenvalue weighted by atomic mass is 9.84. The maximum atomic E-state index is 3.73. The molecule has 0 aromatic carbocycles. The molecule has 18 heavy (non-hydrogen) atoms. The highest BCUT2D eigenvalue weighted by Crippen LogP contribution is 2.29. The van der Waals surface area contributed by atoms with Crippen molar-refractivity contribution in [2.24, 2.45) is 5.41 Å². The first kappa shape index (κ1) is 16.0. The average Bonchev–Trinajstić information content (AvgIpc) is 2.56. The predicted molar refractivity (Wildman–Crippen MR) is 81.0 cm³/mol. The SMILES string of the molecule is CCCNC(CCN1CCCC1(C)C)C(C)(C)C. The van der Waals surface area contributed by atoms with Crippen molar-refractivity contribution in [2.75, 3.05) is 19.6 Å². The van der Waals surface area contributed by atoms with Gasteiger partial charge < -0.3 is 5.32 Å². The van der Waals surface area contributed by atoms with E-state index in [0.717, 1.165) is 6.54 Å². The topological polar surface area (TPSA) is 15.3 Å². The number of likely N-dealkylation sites (tertiary alicyclic amines) is 1. The standard InChI is InChI=1S/C16H34N2/c1-7-11-17-14(15(2,3)4)9-13-18-12-8-10-16(18,5)6/h14,17H,7-13H2,1-6H3. The Morgan fingerprint density at radius 2 is 1.94 bits per heavy atom. The summed E-state index contributed by atoms with van der Waals surface area (Å²) in [6.45, 7) is 17.8. The van der Waals surface area contributed by atoms with Crippen molar-refractivity contribution in [2.45, 2.75) is 78.8 Å². The van der Waals surface area contributed by atoms with Crippen LogP contribution in [0.25, 0.3) is 0 Å². The predicted octanol–water partition coefficient (Wildman–Crippen LogP) is 3.67. The molecular formula is C16H34N2. The third-order valence-corrected chi connectivity index (χ3v) is 4.45. The maximum Gasteiger partial charge on any atom is 0.0153 e. The van der Waals surface area contributed by atoms with E-state index >= 15 is 0 Å². The Morgan fingerprint density at radius 3 is 2.39 bits per heavy atom. The van der Waals surface area contributed by atoms with Crippen molar-refractivity contribution < 1.29 is 0 Å². The van der Waals surface area contributed by atoms with Gasteiger partial charge in [0.1, 0.15) is 0 Å². The summed E-state index contributed by atoms with van der Waals surface area (Å²) in [6.07, 6.45) is 5.22. The van der Waals surface area contributed by atoms with Crippen LogP contribution < -0.4 is 5.32 Å². The van der Waals surface area contributed by atoms with E-state index in [1.165, 1.54) is 38.8 Å². The van der Waals surface area contributed by atoms with Crippen LogP contribution in [-0.4, -0.2) is 36.1 Å². The van der Waals surface area contributed by atoms with E-state index in [0.29, 0.717) is 17.0 Å². The van der Waals surface area contributed by atoms with Crippen molar-refractivity contribution in [3.63, 3.8) is 0 Å². The highest BCUT2D eigenvalue weighted by atomic mass is 15.2. The van der Waals surface area contributed by atoms with E-state index < -0.39 is 0 Å². The molecule has 1 atom stereocenters. The average molecular weight is 254 g/mol. The van der Waals surface area contributed by atoms with Gasteiger partial charge in [-0.05, 0) is 58.0 Å². The van der Waals surface area contributed by atoms with Crippen LogP contribution in [0.5, 0.6) is 0 Å². The van der Waals surface area contributed by atoms with E-state index in [9.17, 15) is 0 Å². The Hall–Kier alpha value is -0.0800. The number of nitrogens with zero attached hydrogens (tertiary/aromatic N) is 1. The Morgan fingerprint density at radius 1 is 1.28 bits per heavy atom. The molecule has 1 rings (SSSR count). The summed E-state index contributed by atoms with van der Waals surface area (Å²) in [5, 5.41) is 3.73. The van der Waals surface area contributed by atoms with Crippen molar-refractivity contribution >= 4 is 0 Å². The summed E-state index contributed by atoms with van der Waals surface area (Å²) in [5.41, 5.74) is 0.784. The fourth-order valence-electron chi connectivity index (χ4n) is 3.02. The van der Waals surface area contributed by atoms with Crippen molar-refractivity contribution in [1.29, 1.82) is 0 Å². The molecule has 2 nitrogen and oxygen atoms in total. The second kappa shape index (κ2) is 6.38. The first-order valence-corrected chi connectivity index (χ1v) is 7.76. The minimum atomic E-state index is 0.360. The zero-order chi connectivity index (χ0) is 13.8. The van der Waals surface area contributed by atoms with Crippen LogP contribution in [0.2, 0.25) is 0 Å². The highest BCUT2D eigenvalue weighted by molar-refractivity contribution is 4.89. The van der Waals surface area contributed by atoms with Crippen molar-refractivity contribution in [3.8, 4) is 0 Å². The van der Waals surface area contributed by atoms with E-state index in [1.54, 1.807) is 0 Å². The van der Waals surface area contributed by atoms with Crippen LogP contribution in [0.1, 0.15) is 67.2 Å². The molecule has 0 aromatic rings. The summed E-state index contributed by atoms with van der Waals surface area (Å²) >= 11 is 0. The Bertz CT molecular complexity index is 240. The zero-order valence-electron chi connectivity index (χ0n) is 13.5. The fourth-order valence-corrected chi connectivity index (χ4v) is 3.02. The minimum Gasteiger partial charge on any atom is -0.313 e. The van der Waals surface area contributed by atoms with Gasteiger partial charge in [0, 0.05) is 18.1 Å². The minimum absolute atomic E-state index is 0.360. The first-order chi connectivity index (χ1) is 8.27. The summed E-state index contributed by atoms with van der Waals surface area (Å²) in [6, 6.07) is 0.633. The summed E-state index contributed by atoms with van der Waals surface area (Å²) in [5.74, 6) is 0. The highest BCUT2D eigenvalue weighted by Gasteiger charge is 2.33. The van der Waals surface area contributed by atoms with Crippen LogP contribution in [0.3, 0.4) is 0 Å². The summed E-state index contributed by atoms with van der Waals surface area (Å²) < 4.78 is 0. The van der Waals surface area contributed by atoms with Gasteiger partial charge in [0.25, 0.3) is 0 Å². The maximum absolute atomic E-state index is 3.73.